The highest BCUT2D eigenvalue weighted by Gasteiger charge is 2.51. The molecule has 3 unspecified atom stereocenters. The van der Waals surface area contributed by atoms with E-state index in [2.05, 4.69) is 42.6 Å². The van der Waals surface area contributed by atoms with Gasteiger partial charge in [-0.3, -0.25) is 4.79 Å². The number of carbonyl (C=O) groups is 1. The molecule has 2 aliphatic rings. The van der Waals surface area contributed by atoms with Crippen LogP contribution in [0.1, 0.15) is 56.9 Å². The van der Waals surface area contributed by atoms with E-state index in [1.165, 1.54) is 5.56 Å². The van der Waals surface area contributed by atoms with Gasteiger partial charge >= 0.3 is 0 Å². The molecule has 0 radical (unpaired) electrons. The van der Waals surface area contributed by atoms with Crippen LogP contribution in [-0.4, -0.2) is 31.1 Å². The van der Waals surface area contributed by atoms with E-state index >= 15 is 0 Å². The van der Waals surface area contributed by atoms with Crippen LogP contribution in [0.2, 0.25) is 0 Å². The molecule has 3 rings (SSSR count). The van der Waals surface area contributed by atoms with E-state index in [0.717, 1.165) is 51.8 Å². The lowest BCUT2D eigenvalue weighted by molar-refractivity contribution is -0.159. The third-order valence-corrected chi connectivity index (χ3v) is 5.60. The Balaban J connectivity index is 1.98. The van der Waals surface area contributed by atoms with Crippen molar-refractivity contribution in [2.24, 2.45) is 5.92 Å². The average Bonchev–Trinajstić information content (AvgIpc) is 2.61. The number of hydrogen-bond donors (Lipinski definition) is 1. The van der Waals surface area contributed by atoms with Crippen molar-refractivity contribution in [3.63, 3.8) is 0 Å². The van der Waals surface area contributed by atoms with Crippen molar-refractivity contribution in [2.75, 3.05) is 19.7 Å². The summed E-state index contributed by atoms with van der Waals surface area (Å²) in [5, 5.41) is 3.43. The Morgan fingerprint density at radius 2 is 2.09 bits per heavy atom. The van der Waals surface area contributed by atoms with Gasteiger partial charge in [0.1, 0.15) is 5.78 Å². The van der Waals surface area contributed by atoms with Crippen molar-refractivity contribution in [1.82, 2.24) is 5.32 Å². The molecule has 23 heavy (non-hydrogen) atoms. The smallest absolute Gasteiger partial charge is 0.141 e. The number of ketones is 1. The van der Waals surface area contributed by atoms with Gasteiger partial charge in [0.2, 0.25) is 0 Å². The highest BCUT2D eigenvalue weighted by molar-refractivity contribution is 5.83. The predicted molar refractivity (Wildman–Crippen MR) is 92.6 cm³/mol. The van der Waals surface area contributed by atoms with Gasteiger partial charge in [-0.05, 0) is 24.8 Å². The summed E-state index contributed by atoms with van der Waals surface area (Å²) in [6.07, 6.45) is 6.10. The lowest BCUT2D eigenvalue weighted by Crippen LogP contribution is -2.57. The topological polar surface area (TPSA) is 38.3 Å². The molecule has 1 aromatic carbocycles. The zero-order valence-corrected chi connectivity index (χ0v) is 14.2. The Morgan fingerprint density at radius 1 is 1.26 bits per heavy atom. The second kappa shape index (κ2) is 7.59. The second-order valence-corrected chi connectivity index (χ2v) is 6.99. The molecule has 0 spiro atoms. The summed E-state index contributed by atoms with van der Waals surface area (Å²) >= 11 is 0. The van der Waals surface area contributed by atoms with Crippen molar-refractivity contribution < 1.29 is 9.53 Å². The Hall–Kier alpha value is -1.19. The van der Waals surface area contributed by atoms with Gasteiger partial charge in [0.05, 0.1) is 11.5 Å². The molecule has 2 heterocycles. The Morgan fingerprint density at radius 3 is 2.83 bits per heavy atom. The maximum Gasteiger partial charge on any atom is 0.141 e. The van der Waals surface area contributed by atoms with Crippen molar-refractivity contribution in [2.45, 2.75) is 57.0 Å². The zero-order valence-electron chi connectivity index (χ0n) is 14.2. The Kier molecular flexibility index (Phi) is 5.50. The third-order valence-electron chi connectivity index (χ3n) is 5.60. The van der Waals surface area contributed by atoms with Crippen LogP contribution in [0.3, 0.4) is 0 Å². The first-order valence-corrected chi connectivity index (χ1v) is 9.20. The molecular formula is C20H29NO2. The minimum Gasteiger partial charge on any atom is -0.374 e. The average molecular weight is 315 g/mol. The lowest BCUT2D eigenvalue weighted by atomic mass is 9.65. The van der Waals surface area contributed by atoms with Crippen LogP contribution in [0.4, 0.5) is 0 Å². The molecular weight excluding hydrogens is 286 g/mol. The fourth-order valence-corrected chi connectivity index (χ4v) is 4.44. The lowest BCUT2D eigenvalue weighted by Gasteiger charge is -2.50. The van der Waals surface area contributed by atoms with Crippen LogP contribution in [0.25, 0.3) is 0 Å². The summed E-state index contributed by atoms with van der Waals surface area (Å²) in [7, 11) is 0. The van der Waals surface area contributed by atoms with Crippen molar-refractivity contribution in [3.8, 4) is 0 Å². The molecule has 2 saturated heterocycles. The molecule has 1 aromatic rings. The van der Waals surface area contributed by atoms with E-state index in [1.807, 2.05) is 0 Å². The van der Waals surface area contributed by atoms with Gasteiger partial charge in [-0.2, -0.15) is 0 Å². The van der Waals surface area contributed by atoms with Crippen LogP contribution >= 0.6 is 0 Å². The number of benzene rings is 1. The normalized spacial score (nSPS) is 32.0. The number of ether oxygens (including phenoxy) is 1. The minimum atomic E-state index is -0.319. The number of Topliss-reactive ketones (excluding diaryl/α,β-unsaturated/α-hetero) is 1. The summed E-state index contributed by atoms with van der Waals surface area (Å²) in [6.45, 7) is 4.59. The quantitative estimate of drug-likeness (QED) is 0.900. The number of hydrogen-bond acceptors (Lipinski definition) is 3. The van der Waals surface area contributed by atoms with E-state index in [-0.39, 0.29) is 11.5 Å². The molecule has 0 bridgehead atoms. The summed E-state index contributed by atoms with van der Waals surface area (Å²) in [6, 6.07) is 10.7. The number of nitrogens with one attached hydrogen (secondary N) is 1. The largest absolute Gasteiger partial charge is 0.374 e. The van der Waals surface area contributed by atoms with E-state index in [0.29, 0.717) is 18.1 Å². The van der Waals surface area contributed by atoms with Gasteiger partial charge in [-0.1, -0.05) is 50.1 Å². The van der Waals surface area contributed by atoms with Crippen LogP contribution in [-0.2, 0) is 9.53 Å². The molecule has 2 aliphatic heterocycles. The Bertz CT molecular complexity index is 516. The van der Waals surface area contributed by atoms with Gasteiger partial charge in [-0.25, -0.2) is 0 Å². The first kappa shape index (κ1) is 16.7. The number of rotatable bonds is 5. The second-order valence-electron chi connectivity index (χ2n) is 6.99. The first-order valence-electron chi connectivity index (χ1n) is 9.20. The van der Waals surface area contributed by atoms with Gasteiger partial charge in [0.25, 0.3) is 0 Å². The van der Waals surface area contributed by atoms with E-state index < -0.39 is 0 Å². The van der Waals surface area contributed by atoms with E-state index in [4.69, 9.17) is 4.74 Å². The predicted octanol–water partition coefficient (Wildman–Crippen LogP) is 3.69. The summed E-state index contributed by atoms with van der Waals surface area (Å²) in [5.74, 6) is 0.717. The fourth-order valence-electron chi connectivity index (χ4n) is 4.44. The molecule has 3 heteroatoms. The summed E-state index contributed by atoms with van der Waals surface area (Å²) in [4.78, 5) is 12.7. The standard InChI is InChI=1S/C20H29NO2/c1-2-3-12-20(18-15-21-13-11-19(18)22)17(10-7-14-23-20)16-8-5-4-6-9-16/h4-6,8-9,17-18,21H,2-3,7,10-15H2,1H3. The van der Waals surface area contributed by atoms with Crippen molar-refractivity contribution >= 4 is 5.78 Å². The summed E-state index contributed by atoms with van der Waals surface area (Å²) < 4.78 is 6.48. The monoisotopic (exact) mass is 315 g/mol. The van der Waals surface area contributed by atoms with E-state index in [1.54, 1.807) is 0 Å². The molecule has 0 aromatic heterocycles. The van der Waals surface area contributed by atoms with Crippen LogP contribution in [0, 0.1) is 5.92 Å². The number of piperidine rings is 1. The molecule has 126 valence electrons. The SMILES string of the molecule is CCCCC1(C2CNCCC2=O)OCCCC1c1ccccc1. The third kappa shape index (κ3) is 3.36. The molecule has 3 atom stereocenters. The first-order chi connectivity index (χ1) is 11.3. The van der Waals surface area contributed by atoms with Gasteiger partial charge < -0.3 is 10.1 Å². The maximum atomic E-state index is 12.7. The van der Waals surface area contributed by atoms with Gasteiger partial charge in [0, 0.05) is 32.0 Å². The minimum absolute atomic E-state index is 0.00620. The zero-order chi connectivity index (χ0) is 16.1. The molecule has 2 fully saturated rings. The van der Waals surface area contributed by atoms with Crippen molar-refractivity contribution in [3.05, 3.63) is 35.9 Å². The highest BCUT2D eigenvalue weighted by atomic mass is 16.5. The van der Waals surface area contributed by atoms with Crippen LogP contribution < -0.4 is 5.32 Å². The van der Waals surface area contributed by atoms with E-state index in [9.17, 15) is 4.79 Å². The number of carbonyl (C=O) groups excluding carboxylic acids is 1. The van der Waals surface area contributed by atoms with Crippen LogP contribution in [0.15, 0.2) is 30.3 Å². The van der Waals surface area contributed by atoms with Crippen LogP contribution in [0.5, 0.6) is 0 Å². The summed E-state index contributed by atoms with van der Waals surface area (Å²) in [5.41, 5.74) is 1.02. The van der Waals surface area contributed by atoms with Gasteiger partial charge in [-0.15, -0.1) is 0 Å². The van der Waals surface area contributed by atoms with Crippen molar-refractivity contribution in [1.29, 1.82) is 0 Å². The highest BCUT2D eigenvalue weighted by Crippen LogP contribution is 2.47. The molecule has 0 aliphatic carbocycles. The molecule has 3 nitrogen and oxygen atoms in total. The van der Waals surface area contributed by atoms with Gasteiger partial charge in [0.15, 0.2) is 0 Å². The maximum absolute atomic E-state index is 12.7. The Labute approximate surface area is 139 Å². The molecule has 1 N–H and O–H groups in total. The molecule has 0 amide bonds. The number of unbranched alkanes of at least 4 members (excludes halogenated alkanes) is 1. The fraction of sp³-hybridized carbons (Fsp3) is 0.650. The molecule has 0 saturated carbocycles.